The molecular formula is C14H21NO4S. The highest BCUT2D eigenvalue weighted by molar-refractivity contribution is 7.89. The summed E-state index contributed by atoms with van der Waals surface area (Å²) in [6.45, 7) is 6.88. The van der Waals surface area contributed by atoms with Crippen molar-refractivity contribution in [1.29, 1.82) is 0 Å². The summed E-state index contributed by atoms with van der Waals surface area (Å²) in [6, 6.07) is 4.96. The maximum absolute atomic E-state index is 12.4. The van der Waals surface area contributed by atoms with Crippen LogP contribution in [0.4, 0.5) is 0 Å². The third-order valence-electron chi connectivity index (χ3n) is 3.57. The molecule has 1 aromatic carbocycles. The Hall–Kier alpha value is -1.40. The lowest BCUT2D eigenvalue weighted by atomic mass is 9.95. The lowest BCUT2D eigenvalue weighted by molar-refractivity contribution is -0.144. The number of sulfonamides is 1. The molecule has 20 heavy (non-hydrogen) atoms. The minimum Gasteiger partial charge on any atom is -0.480 e. The Labute approximate surface area is 120 Å². The van der Waals surface area contributed by atoms with Crippen molar-refractivity contribution in [3.8, 4) is 0 Å². The third-order valence-corrected chi connectivity index (χ3v) is 5.26. The molecule has 0 saturated carbocycles. The summed E-state index contributed by atoms with van der Waals surface area (Å²) < 4.78 is 27.2. The molecule has 0 bridgehead atoms. The lowest BCUT2D eigenvalue weighted by Gasteiger charge is -2.28. The number of hydrogen-bond donors (Lipinski definition) is 2. The van der Waals surface area contributed by atoms with Crippen molar-refractivity contribution in [1.82, 2.24) is 4.72 Å². The predicted octanol–water partition coefficient (Wildman–Crippen LogP) is 2.23. The molecule has 0 saturated heterocycles. The fourth-order valence-electron chi connectivity index (χ4n) is 2.15. The minimum absolute atomic E-state index is 0.121. The predicted molar refractivity (Wildman–Crippen MR) is 77.2 cm³/mol. The van der Waals surface area contributed by atoms with E-state index in [0.717, 1.165) is 5.56 Å². The van der Waals surface area contributed by atoms with Crippen molar-refractivity contribution in [2.24, 2.45) is 0 Å². The number of carboxylic acid groups (broad SMARTS) is 1. The number of benzene rings is 1. The zero-order chi connectivity index (χ0) is 15.6. The van der Waals surface area contributed by atoms with Crippen molar-refractivity contribution in [3.63, 3.8) is 0 Å². The van der Waals surface area contributed by atoms with Crippen molar-refractivity contribution in [2.45, 2.75) is 51.0 Å². The zero-order valence-electron chi connectivity index (χ0n) is 12.2. The number of aliphatic carboxylic acids is 1. The summed E-state index contributed by atoms with van der Waals surface area (Å²) in [6.07, 6.45) is 0.367. The molecular weight excluding hydrogens is 278 g/mol. The first-order chi connectivity index (χ1) is 9.18. The SMILES string of the molecule is CCC(CC)(NS(=O)(=O)c1ccc(C)cc1C)C(=O)O. The van der Waals surface area contributed by atoms with E-state index >= 15 is 0 Å². The average Bonchev–Trinajstić information content (AvgIpc) is 2.35. The molecule has 5 nitrogen and oxygen atoms in total. The second kappa shape index (κ2) is 5.93. The van der Waals surface area contributed by atoms with Gasteiger partial charge < -0.3 is 5.11 Å². The Kier molecular flexibility index (Phi) is 4.94. The lowest BCUT2D eigenvalue weighted by Crippen LogP contribution is -2.53. The van der Waals surface area contributed by atoms with Gasteiger partial charge in [-0.15, -0.1) is 0 Å². The average molecular weight is 299 g/mol. The number of aryl methyl sites for hydroxylation is 2. The number of carboxylic acids is 1. The molecule has 0 amide bonds. The van der Waals surface area contributed by atoms with Crippen molar-refractivity contribution >= 4 is 16.0 Å². The van der Waals surface area contributed by atoms with Crippen LogP contribution in [0.15, 0.2) is 23.1 Å². The van der Waals surface area contributed by atoms with Gasteiger partial charge in [0.05, 0.1) is 4.90 Å². The van der Waals surface area contributed by atoms with Crippen molar-refractivity contribution < 1.29 is 18.3 Å². The van der Waals surface area contributed by atoms with E-state index in [9.17, 15) is 18.3 Å². The summed E-state index contributed by atoms with van der Waals surface area (Å²) in [5.41, 5.74) is 0.0943. The number of rotatable bonds is 6. The van der Waals surface area contributed by atoms with Gasteiger partial charge in [0, 0.05) is 0 Å². The summed E-state index contributed by atoms with van der Waals surface area (Å²) in [5, 5.41) is 9.32. The summed E-state index contributed by atoms with van der Waals surface area (Å²) >= 11 is 0. The van der Waals surface area contributed by atoms with Crippen LogP contribution >= 0.6 is 0 Å². The van der Waals surface area contributed by atoms with Gasteiger partial charge in [-0.1, -0.05) is 31.5 Å². The van der Waals surface area contributed by atoms with Crippen LogP contribution in [0.5, 0.6) is 0 Å². The Morgan fingerprint density at radius 3 is 2.20 bits per heavy atom. The fourth-order valence-corrected chi connectivity index (χ4v) is 3.88. The van der Waals surface area contributed by atoms with Gasteiger partial charge in [-0.2, -0.15) is 4.72 Å². The van der Waals surface area contributed by atoms with Crippen LogP contribution < -0.4 is 4.72 Å². The van der Waals surface area contributed by atoms with E-state index in [2.05, 4.69) is 4.72 Å². The van der Waals surface area contributed by atoms with Crippen LogP contribution in [0.25, 0.3) is 0 Å². The van der Waals surface area contributed by atoms with Gasteiger partial charge in [-0.3, -0.25) is 4.79 Å². The van der Waals surface area contributed by atoms with E-state index in [1.807, 2.05) is 6.92 Å². The highest BCUT2D eigenvalue weighted by atomic mass is 32.2. The van der Waals surface area contributed by atoms with Crippen LogP contribution in [0, 0.1) is 13.8 Å². The maximum atomic E-state index is 12.4. The Bertz CT molecular complexity index is 604. The Morgan fingerprint density at radius 2 is 1.80 bits per heavy atom. The minimum atomic E-state index is -3.87. The molecule has 0 aliphatic carbocycles. The van der Waals surface area contributed by atoms with Crippen LogP contribution in [0.3, 0.4) is 0 Å². The first-order valence-corrected chi connectivity index (χ1v) is 8.01. The van der Waals surface area contributed by atoms with Crippen LogP contribution in [-0.2, 0) is 14.8 Å². The molecule has 0 fully saturated rings. The van der Waals surface area contributed by atoms with E-state index in [-0.39, 0.29) is 17.7 Å². The molecule has 0 aliphatic rings. The monoisotopic (exact) mass is 299 g/mol. The standard InChI is InChI=1S/C14H21NO4S/c1-5-14(6-2,13(16)17)15-20(18,19)12-8-7-10(3)9-11(12)4/h7-9,15H,5-6H2,1-4H3,(H,16,17). The Morgan fingerprint density at radius 1 is 1.25 bits per heavy atom. The first kappa shape index (κ1) is 16.7. The van der Waals surface area contributed by atoms with Gasteiger partial charge in [0.1, 0.15) is 5.54 Å². The van der Waals surface area contributed by atoms with Gasteiger partial charge in [0.25, 0.3) is 0 Å². The van der Waals surface area contributed by atoms with E-state index in [0.29, 0.717) is 5.56 Å². The van der Waals surface area contributed by atoms with Gasteiger partial charge in [0.15, 0.2) is 0 Å². The van der Waals surface area contributed by atoms with Crippen LogP contribution in [-0.4, -0.2) is 25.0 Å². The van der Waals surface area contributed by atoms with Gasteiger partial charge in [-0.25, -0.2) is 8.42 Å². The third kappa shape index (κ3) is 3.19. The number of nitrogens with one attached hydrogen (secondary N) is 1. The second-order valence-electron chi connectivity index (χ2n) is 4.97. The molecule has 112 valence electrons. The highest BCUT2D eigenvalue weighted by Crippen LogP contribution is 2.22. The molecule has 0 heterocycles. The highest BCUT2D eigenvalue weighted by Gasteiger charge is 2.39. The summed E-state index contributed by atoms with van der Waals surface area (Å²) in [4.78, 5) is 11.5. The zero-order valence-corrected chi connectivity index (χ0v) is 13.0. The van der Waals surface area contributed by atoms with E-state index < -0.39 is 21.5 Å². The van der Waals surface area contributed by atoms with Gasteiger partial charge in [0.2, 0.25) is 10.0 Å². The molecule has 0 aliphatic heterocycles. The molecule has 2 N–H and O–H groups in total. The molecule has 1 rings (SSSR count). The molecule has 6 heteroatoms. The summed E-state index contributed by atoms with van der Waals surface area (Å²) in [5.74, 6) is -1.16. The van der Waals surface area contributed by atoms with Crippen molar-refractivity contribution in [2.75, 3.05) is 0 Å². The number of hydrogen-bond acceptors (Lipinski definition) is 3. The molecule has 0 radical (unpaired) electrons. The van der Waals surface area contributed by atoms with Gasteiger partial charge >= 0.3 is 5.97 Å². The van der Waals surface area contributed by atoms with Crippen LogP contribution in [0.1, 0.15) is 37.8 Å². The van der Waals surface area contributed by atoms with Gasteiger partial charge in [-0.05, 0) is 38.3 Å². The normalized spacial score (nSPS) is 12.4. The largest absolute Gasteiger partial charge is 0.480 e. The molecule has 0 unspecified atom stereocenters. The number of carbonyl (C=O) groups is 1. The molecule has 1 aromatic rings. The molecule has 0 spiro atoms. The molecule has 0 aromatic heterocycles. The summed E-state index contributed by atoms with van der Waals surface area (Å²) in [7, 11) is -3.87. The second-order valence-corrected chi connectivity index (χ2v) is 6.62. The topological polar surface area (TPSA) is 83.5 Å². The van der Waals surface area contributed by atoms with E-state index in [1.165, 1.54) is 6.07 Å². The fraction of sp³-hybridized carbons (Fsp3) is 0.500. The van der Waals surface area contributed by atoms with E-state index in [1.54, 1.807) is 32.9 Å². The molecule has 0 atom stereocenters. The smallest absolute Gasteiger partial charge is 0.324 e. The quantitative estimate of drug-likeness (QED) is 0.843. The van der Waals surface area contributed by atoms with E-state index in [4.69, 9.17) is 0 Å². The maximum Gasteiger partial charge on any atom is 0.324 e. The Balaban J connectivity index is 3.27. The van der Waals surface area contributed by atoms with Crippen LogP contribution in [0.2, 0.25) is 0 Å². The first-order valence-electron chi connectivity index (χ1n) is 6.53. The van der Waals surface area contributed by atoms with Crippen molar-refractivity contribution in [3.05, 3.63) is 29.3 Å².